The molecule has 0 spiro atoms. The summed E-state index contributed by atoms with van der Waals surface area (Å²) in [6.07, 6.45) is 8.32. The normalized spacial score (nSPS) is 22.9. The minimum atomic E-state index is 0.190. The number of rotatable bonds is 3. The molecule has 2 atom stereocenters. The Morgan fingerprint density at radius 3 is 2.90 bits per heavy atom. The molecule has 1 aliphatic carbocycles. The van der Waals surface area contributed by atoms with Crippen molar-refractivity contribution in [2.24, 2.45) is 0 Å². The Kier molecular flexibility index (Phi) is 3.74. The number of methoxy groups -OCH3 is 1. The lowest BCUT2D eigenvalue weighted by molar-refractivity contribution is 0.0212. The molecule has 1 aromatic carbocycles. The Bertz CT molecular complexity index is 600. The fraction of sp³-hybridized carbons (Fsp3) is 0.438. The number of nitrogen functional groups attached to an aromatic ring is 1. The second-order valence-corrected chi connectivity index (χ2v) is 5.34. The van der Waals surface area contributed by atoms with Crippen molar-refractivity contribution in [3.63, 3.8) is 0 Å². The van der Waals surface area contributed by atoms with Gasteiger partial charge in [-0.2, -0.15) is 0 Å². The second kappa shape index (κ2) is 5.67. The standard InChI is InChI=1S/C16H20N2O2/c1-19-12-3-2-4-13(9-12)20-15-6-5-11-10-18-8-7-14(11)16(15)17/h5-8,10,12-13H,2-4,9,17H2,1H3. The molecule has 2 N–H and O–H groups in total. The molecule has 1 aliphatic rings. The maximum atomic E-state index is 6.22. The van der Waals surface area contributed by atoms with Crippen LogP contribution in [0.15, 0.2) is 30.6 Å². The van der Waals surface area contributed by atoms with Crippen LogP contribution in [0.25, 0.3) is 10.8 Å². The molecule has 20 heavy (non-hydrogen) atoms. The van der Waals surface area contributed by atoms with E-state index in [4.69, 9.17) is 15.2 Å². The lowest BCUT2D eigenvalue weighted by Crippen LogP contribution is -2.29. The summed E-state index contributed by atoms with van der Waals surface area (Å²) in [7, 11) is 1.77. The zero-order valence-corrected chi connectivity index (χ0v) is 11.7. The number of hydrogen-bond donors (Lipinski definition) is 1. The predicted molar refractivity (Wildman–Crippen MR) is 79.8 cm³/mol. The Balaban J connectivity index is 1.82. The van der Waals surface area contributed by atoms with Crippen molar-refractivity contribution in [3.05, 3.63) is 30.6 Å². The number of benzene rings is 1. The Morgan fingerprint density at radius 2 is 2.05 bits per heavy atom. The zero-order valence-electron chi connectivity index (χ0n) is 11.7. The van der Waals surface area contributed by atoms with Gasteiger partial charge >= 0.3 is 0 Å². The topological polar surface area (TPSA) is 57.4 Å². The first-order valence-electron chi connectivity index (χ1n) is 7.09. The molecule has 1 saturated carbocycles. The molecule has 4 heteroatoms. The van der Waals surface area contributed by atoms with Gasteiger partial charge in [-0.3, -0.25) is 4.98 Å². The van der Waals surface area contributed by atoms with Crippen LogP contribution in [0.3, 0.4) is 0 Å². The third-order valence-electron chi connectivity index (χ3n) is 4.03. The van der Waals surface area contributed by atoms with Crippen LogP contribution in [0, 0.1) is 0 Å². The third kappa shape index (κ3) is 2.56. The van der Waals surface area contributed by atoms with Crippen LogP contribution in [0.2, 0.25) is 0 Å². The van der Waals surface area contributed by atoms with Crippen LogP contribution in [0.1, 0.15) is 25.7 Å². The van der Waals surface area contributed by atoms with Gasteiger partial charge in [-0.1, -0.05) is 0 Å². The van der Waals surface area contributed by atoms with Gasteiger partial charge in [-0.15, -0.1) is 0 Å². The quantitative estimate of drug-likeness (QED) is 0.872. The largest absolute Gasteiger partial charge is 0.488 e. The van der Waals surface area contributed by atoms with Crippen molar-refractivity contribution in [2.75, 3.05) is 12.8 Å². The average Bonchev–Trinajstić information content (AvgIpc) is 2.50. The van der Waals surface area contributed by atoms with E-state index in [1.807, 2.05) is 24.4 Å². The highest BCUT2D eigenvalue weighted by Crippen LogP contribution is 2.33. The monoisotopic (exact) mass is 272 g/mol. The summed E-state index contributed by atoms with van der Waals surface area (Å²) in [5.74, 6) is 0.769. The van der Waals surface area contributed by atoms with Crippen molar-refractivity contribution in [3.8, 4) is 5.75 Å². The van der Waals surface area contributed by atoms with Crippen molar-refractivity contribution in [2.45, 2.75) is 37.9 Å². The summed E-state index contributed by atoms with van der Waals surface area (Å²) in [5.41, 5.74) is 6.92. The molecular formula is C16H20N2O2. The molecule has 1 fully saturated rings. The van der Waals surface area contributed by atoms with E-state index in [1.165, 1.54) is 0 Å². The van der Waals surface area contributed by atoms with Gasteiger partial charge in [0.25, 0.3) is 0 Å². The first-order valence-corrected chi connectivity index (χ1v) is 7.09. The van der Waals surface area contributed by atoms with Gasteiger partial charge in [0.2, 0.25) is 0 Å². The molecule has 0 radical (unpaired) electrons. The van der Waals surface area contributed by atoms with Crippen LogP contribution in [-0.2, 0) is 4.74 Å². The van der Waals surface area contributed by atoms with Crippen molar-refractivity contribution in [1.29, 1.82) is 0 Å². The molecule has 2 unspecified atom stereocenters. The van der Waals surface area contributed by atoms with E-state index in [1.54, 1.807) is 13.3 Å². The number of aromatic nitrogens is 1. The lowest BCUT2D eigenvalue weighted by Gasteiger charge is -2.29. The molecule has 0 aliphatic heterocycles. The van der Waals surface area contributed by atoms with Gasteiger partial charge in [0.05, 0.1) is 11.8 Å². The number of nitrogens with zero attached hydrogens (tertiary/aromatic N) is 1. The number of fused-ring (bicyclic) bond motifs is 1. The summed E-state index contributed by atoms with van der Waals surface area (Å²) in [6, 6.07) is 5.87. The maximum absolute atomic E-state index is 6.22. The van der Waals surface area contributed by atoms with Gasteiger partial charge < -0.3 is 15.2 Å². The van der Waals surface area contributed by atoms with Gasteiger partial charge in [0.1, 0.15) is 11.9 Å². The molecule has 4 nitrogen and oxygen atoms in total. The summed E-state index contributed by atoms with van der Waals surface area (Å²) >= 11 is 0. The molecule has 3 rings (SSSR count). The fourth-order valence-electron chi connectivity index (χ4n) is 2.88. The second-order valence-electron chi connectivity index (χ2n) is 5.34. The number of nitrogens with two attached hydrogens (primary N) is 1. The van der Waals surface area contributed by atoms with E-state index < -0.39 is 0 Å². The summed E-state index contributed by atoms with van der Waals surface area (Å²) < 4.78 is 11.5. The summed E-state index contributed by atoms with van der Waals surface area (Å²) in [6.45, 7) is 0. The van der Waals surface area contributed by atoms with Gasteiger partial charge in [-0.05, 0) is 37.5 Å². The number of hydrogen-bond acceptors (Lipinski definition) is 4. The Hall–Kier alpha value is -1.81. The van der Waals surface area contributed by atoms with Crippen LogP contribution in [0.5, 0.6) is 5.75 Å². The molecule has 2 aromatic rings. The van der Waals surface area contributed by atoms with Gasteiger partial charge in [0.15, 0.2) is 0 Å². The molecule has 0 amide bonds. The van der Waals surface area contributed by atoms with E-state index in [2.05, 4.69) is 4.98 Å². The van der Waals surface area contributed by atoms with Gasteiger partial charge in [-0.25, -0.2) is 0 Å². The fourth-order valence-corrected chi connectivity index (χ4v) is 2.88. The first kappa shape index (κ1) is 13.2. The van der Waals surface area contributed by atoms with Gasteiger partial charge in [0, 0.05) is 36.7 Å². The van der Waals surface area contributed by atoms with Crippen molar-refractivity contribution in [1.82, 2.24) is 4.98 Å². The number of anilines is 1. The highest BCUT2D eigenvalue weighted by molar-refractivity contribution is 5.95. The molecule has 106 valence electrons. The minimum absolute atomic E-state index is 0.190. The van der Waals surface area contributed by atoms with E-state index in [9.17, 15) is 0 Å². The number of ether oxygens (including phenoxy) is 2. The summed E-state index contributed by atoms with van der Waals surface area (Å²) in [5, 5.41) is 2.03. The molecule has 1 aromatic heterocycles. The van der Waals surface area contributed by atoms with Crippen LogP contribution < -0.4 is 10.5 Å². The lowest BCUT2D eigenvalue weighted by atomic mass is 9.95. The van der Waals surface area contributed by atoms with Crippen LogP contribution in [-0.4, -0.2) is 24.3 Å². The molecule has 1 heterocycles. The van der Waals surface area contributed by atoms with Crippen molar-refractivity contribution < 1.29 is 9.47 Å². The number of pyridine rings is 1. The first-order chi connectivity index (χ1) is 9.78. The molecular weight excluding hydrogens is 252 g/mol. The highest BCUT2D eigenvalue weighted by Gasteiger charge is 2.23. The van der Waals surface area contributed by atoms with Crippen molar-refractivity contribution >= 4 is 16.5 Å². The predicted octanol–water partition coefficient (Wildman–Crippen LogP) is 3.15. The minimum Gasteiger partial charge on any atom is -0.488 e. The Labute approximate surface area is 118 Å². The smallest absolute Gasteiger partial charge is 0.143 e. The summed E-state index contributed by atoms with van der Waals surface area (Å²) in [4.78, 5) is 4.11. The SMILES string of the molecule is COC1CCCC(Oc2ccc3cnccc3c2N)C1. The van der Waals surface area contributed by atoms with Crippen LogP contribution >= 0.6 is 0 Å². The van der Waals surface area contributed by atoms with E-state index in [0.29, 0.717) is 11.8 Å². The third-order valence-corrected chi connectivity index (χ3v) is 4.03. The molecule has 0 saturated heterocycles. The van der Waals surface area contributed by atoms with E-state index in [-0.39, 0.29) is 6.10 Å². The highest BCUT2D eigenvalue weighted by atomic mass is 16.5. The zero-order chi connectivity index (χ0) is 13.9. The van der Waals surface area contributed by atoms with E-state index >= 15 is 0 Å². The van der Waals surface area contributed by atoms with Crippen LogP contribution in [0.4, 0.5) is 5.69 Å². The average molecular weight is 272 g/mol. The Morgan fingerprint density at radius 1 is 1.20 bits per heavy atom. The van der Waals surface area contributed by atoms with E-state index in [0.717, 1.165) is 42.2 Å². The maximum Gasteiger partial charge on any atom is 0.143 e. The molecule has 0 bridgehead atoms.